The van der Waals surface area contributed by atoms with E-state index >= 15 is 0 Å². The zero-order chi connectivity index (χ0) is 18.8. The quantitative estimate of drug-likeness (QED) is 0.656. The Hall–Kier alpha value is -2.34. The molecule has 0 saturated carbocycles. The Morgan fingerprint density at radius 2 is 1.69 bits per heavy atom. The number of hydrogen-bond acceptors (Lipinski definition) is 4. The number of allylic oxidation sites excluding steroid dienone is 2. The second-order valence-electron chi connectivity index (χ2n) is 5.36. The fourth-order valence-electron chi connectivity index (χ4n) is 1.89. The Labute approximate surface area is 156 Å². The van der Waals surface area contributed by atoms with E-state index in [0.29, 0.717) is 16.5 Å². The lowest BCUT2D eigenvalue weighted by Gasteiger charge is -2.09. The van der Waals surface area contributed by atoms with Crippen molar-refractivity contribution in [3.05, 3.63) is 83.7 Å². The van der Waals surface area contributed by atoms with E-state index < -0.39 is 12.2 Å². The third-order valence-corrected chi connectivity index (χ3v) is 3.39. The molecule has 0 amide bonds. The summed E-state index contributed by atoms with van der Waals surface area (Å²) < 4.78 is 23.5. The van der Waals surface area contributed by atoms with E-state index in [9.17, 15) is 14.6 Å². The van der Waals surface area contributed by atoms with Gasteiger partial charge in [0, 0.05) is 5.02 Å². The SMILES string of the molecule is OC(/C=C/[C]=C/C(O)COc1cccc(Cl)c1)COc1ccc(F)cc1. The van der Waals surface area contributed by atoms with E-state index in [1.165, 1.54) is 42.5 Å². The van der Waals surface area contributed by atoms with Crippen LogP contribution in [0.15, 0.2) is 66.8 Å². The van der Waals surface area contributed by atoms with Gasteiger partial charge in [-0.2, -0.15) is 0 Å². The van der Waals surface area contributed by atoms with E-state index in [4.69, 9.17) is 21.1 Å². The third-order valence-electron chi connectivity index (χ3n) is 3.15. The molecule has 0 aliphatic heterocycles. The first kappa shape index (κ1) is 20.0. The predicted octanol–water partition coefficient (Wildman–Crippen LogP) is 3.57. The molecule has 137 valence electrons. The maximum atomic E-state index is 12.8. The van der Waals surface area contributed by atoms with Gasteiger partial charge in [-0.1, -0.05) is 29.8 Å². The number of halogens is 2. The molecule has 1 radical (unpaired) electrons. The van der Waals surface area contributed by atoms with E-state index in [-0.39, 0.29) is 19.0 Å². The lowest BCUT2D eigenvalue weighted by Crippen LogP contribution is -2.15. The van der Waals surface area contributed by atoms with Crippen molar-refractivity contribution in [1.82, 2.24) is 0 Å². The Morgan fingerprint density at radius 1 is 1.00 bits per heavy atom. The lowest BCUT2D eigenvalue weighted by atomic mass is 10.3. The summed E-state index contributed by atoms with van der Waals surface area (Å²) in [6, 6.07) is 12.4. The topological polar surface area (TPSA) is 58.9 Å². The van der Waals surface area contributed by atoms with Gasteiger partial charge in [-0.15, -0.1) is 0 Å². The summed E-state index contributed by atoms with van der Waals surface area (Å²) in [7, 11) is 0. The zero-order valence-corrected chi connectivity index (χ0v) is 14.6. The molecule has 0 saturated heterocycles. The van der Waals surface area contributed by atoms with Gasteiger partial charge in [0.2, 0.25) is 0 Å². The molecule has 0 aromatic heterocycles. The van der Waals surface area contributed by atoms with Crippen molar-refractivity contribution >= 4 is 11.6 Å². The molecule has 2 atom stereocenters. The molecule has 26 heavy (non-hydrogen) atoms. The molecule has 6 heteroatoms. The molecule has 0 aliphatic rings. The first-order valence-corrected chi connectivity index (χ1v) is 8.29. The monoisotopic (exact) mass is 377 g/mol. The van der Waals surface area contributed by atoms with Crippen LogP contribution in [-0.2, 0) is 0 Å². The van der Waals surface area contributed by atoms with E-state index in [2.05, 4.69) is 6.08 Å². The van der Waals surface area contributed by atoms with Gasteiger partial charge < -0.3 is 19.7 Å². The molecule has 2 aromatic carbocycles. The molecule has 2 rings (SSSR count). The number of benzene rings is 2. The molecule has 2 unspecified atom stereocenters. The summed E-state index contributed by atoms with van der Waals surface area (Å²) in [5.74, 6) is 0.677. The van der Waals surface area contributed by atoms with Crippen LogP contribution in [-0.4, -0.2) is 35.6 Å². The summed E-state index contributed by atoms with van der Waals surface area (Å²) in [5.41, 5.74) is 0. The minimum Gasteiger partial charge on any atom is -0.491 e. The lowest BCUT2D eigenvalue weighted by molar-refractivity contribution is 0.143. The van der Waals surface area contributed by atoms with Gasteiger partial charge in [-0.25, -0.2) is 4.39 Å². The van der Waals surface area contributed by atoms with Crippen LogP contribution < -0.4 is 9.47 Å². The maximum Gasteiger partial charge on any atom is 0.123 e. The Morgan fingerprint density at radius 3 is 2.42 bits per heavy atom. The molecule has 4 nitrogen and oxygen atoms in total. The minimum absolute atomic E-state index is 0.0181. The summed E-state index contributed by atoms with van der Waals surface area (Å²) in [6.07, 6.45) is 5.37. The van der Waals surface area contributed by atoms with E-state index in [1.54, 1.807) is 24.3 Å². The number of rotatable bonds is 9. The fourth-order valence-corrected chi connectivity index (χ4v) is 2.07. The van der Waals surface area contributed by atoms with Crippen LogP contribution in [0.25, 0.3) is 0 Å². The second-order valence-corrected chi connectivity index (χ2v) is 5.80. The van der Waals surface area contributed by atoms with Gasteiger partial charge in [0.15, 0.2) is 0 Å². The Kier molecular flexibility index (Phi) is 8.15. The number of hydrogen-bond donors (Lipinski definition) is 2. The molecule has 0 aliphatic carbocycles. The molecule has 0 spiro atoms. The first-order chi connectivity index (χ1) is 12.5. The molecule has 2 aromatic rings. The molecule has 0 heterocycles. The van der Waals surface area contributed by atoms with Crippen LogP contribution in [0.3, 0.4) is 0 Å². The number of aliphatic hydroxyl groups excluding tert-OH is 2. The standard InChI is InChI=1S/C20H19ClFO4/c21-15-4-3-7-20(12-15)26-14-18(24)6-2-1-5-17(23)13-25-19-10-8-16(22)9-11-19/h1,3-12,17-18,23-24H,13-14H2/b5-1+,6-2?. The van der Waals surface area contributed by atoms with Crippen LogP contribution in [0.5, 0.6) is 11.5 Å². The van der Waals surface area contributed by atoms with Gasteiger partial charge in [-0.3, -0.25) is 0 Å². The third kappa shape index (κ3) is 7.70. The highest BCUT2D eigenvalue weighted by Crippen LogP contribution is 2.17. The summed E-state index contributed by atoms with van der Waals surface area (Å²) >= 11 is 5.84. The van der Waals surface area contributed by atoms with Crippen LogP contribution >= 0.6 is 11.6 Å². The van der Waals surface area contributed by atoms with Crippen molar-refractivity contribution in [3.8, 4) is 11.5 Å². The fraction of sp³-hybridized carbons (Fsp3) is 0.200. The van der Waals surface area contributed by atoms with Crippen molar-refractivity contribution in [2.45, 2.75) is 12.2 Å². The van der Waals surface area contributed by atoms with Crippen LogP contribution in [0.1, 0.15) is 0 Å². The molecular formula is C20H19ClFO4. The van der Waals surface area contributed by atoms with Crippen LogP contribution in [0, 0.1) is 11.9 Å². The minimum atomic E-state index is -0.860. The predicted molar refractivity (Wildman–Crippen MR) is 97.8 cm³/mol. The molecular weight excluding hydrogens is 359 g/mol. The van der Waals surface area contributed by atoms with Crippen molar-refractivity contribution in [3.63, 3.8) is 0 Å². The highest BCUT2D eigenvalue weighted by molar-refractivity contribution is 6.30. The normalized spacial score (nSPS) is 13.8. The summed E-state index contributed by atoms with van der Waals surface area (Å²) in [5, 5.41) is 20.1. The second kappa shape index (κ2) is 10.6. The number of ether oxygens (including phenoxy) is 2. The largest absolute Gasteiger partial charge is 0.491 e. The Balaban J connectivity index is 1.68. The smallest absolute Gasteiger partial charge is 0.123 e. The maximum absolute atomic E-state index is 12.8. The zero-order valence-electron chi connectivity index (χ0n) is 13.9. The molecule has 0 bridgehead atoms. The summed E-state index contributed by atoms with van der Waals surface area (Å²) in [4.78, 5) is 0. The van der Waals surface area contributed by atoms with Gasteiger partial charge in [0.05, 0.1) is 0 Å². The van der Waals surface area contributed by atoms with Gasteiger partial charge >= 0.3 is 0 Å². The summed E-state index contributed by atoms with van der Waals surface area (Å²) in [6.45, 7) is 0.0711. The van der Waals surface area contributed by atoms with E-state index in [0.717, 1.165) is 0 Å². The van der Waals surface area contributed by atoms with E-state index in [1.807, 2.05) is 0 Å². The van der Waals surface area contributed by atoms with Crippen molar-refractivity contribution < 1.29 is 24.1 Å². The first-order valence-electron chi connectivity index (χ1n) is 7.92. The van der Waals surface area contributed by atoms with Crippen molar-refractivity contribution in [2.75, 3.05) is 13.2 Å². The highest BCUT2D eigenvalue weighted by atomic mass is 35.5. The van der Waals surface area contributed by atoms with Gasteiger partial charge in [0.25, 0.3) is 0 Å². The van der Waals surface area contributed by atoms with Crippen molar-refractivity contribution in [1.29, 1.82) is 0 Å². The van der Waals surface area contributed by atoms with Gasteiger partial charge in [0.1, 0.15) is 42.7 Å². The van der Waals surface area contributed by atoms with Gasteiger partial charge in [-0.05, 0) is 54.6 Å². The van der Waals surface area contributed by atoms with Crippen LogP contribution in [0.4, 0.5) is 4.39 Å². The molecule has 0 fully saturated rings. The Bertz CT molecular complexity index is 731. The van der Waals surface area contributed by atoms with Crippen molar-refractivity contribution in [2.24, 2.45) is 0 Å². The number of aliphatic hydroxyl groups is 2. The molecule has 2 N–H and O–H groups in total. The average Bonchev–Trinajstić information content (AvgIpc) is 2.63. The average molecular weight is 378 g/mol. The highest BCUT2D eigenvalue weighted by Gasteiger charge is 2.02. The van der Waals surface area contributed by atoms with Crippen LogP contribution in [0.2, 0.25) is 5.02 Å².